The van der Waals surface area contributed by atoms with Crippen molar-refractivity contribution in [1.29, 1.82) is 0 Å². The summed E-state index contributed by atoms with van der Waals surface area (Å²) < 4.78 is 5.22. The normalized spacial score (nSPS) is 10.5. The van der Waals surface area contributed by atoms with E-state index >= 15 is 0 Å². The molecule has 0 radical (unpaired) electrons. The number of nitrogens with two attached hydrogens (primary N) is 1. The van der Waals surface area contributed by atoms with Gasteiger partial charge in [-0.2, -0.15) is 0 Å². The number of hydrogen-bond acceptors (Lipinski definition) is 4. The van der Waals surface area contributed by atoms with Gasteiger partial charge in [0.05, 0.1) is 6.26 Å². The largest absolute Gasteiger partial charge is 0.461 e. The Hall–Kier alpha value is -1.84. The van der Waals surface area contributed by atoms with Crippen molar-refractivity contribution >= 4 is 5.82 Å². The average molecular weight is 203 g/mol. The van der Waals surface area contributed by atoms with Crippen molar-refractivity contribution in [3.05, 3.63) is 29.7 Å². The molecule has 4 nitrogen and oxygen atoms in total. The van der Waals surface area contributed by atoms with E-state index < -0.39 is 0 Å². The first-order valence-corrected chi connectivity index (χ1v) is 4.89. The molecule has 0 amide bonds. The maximum absolute atomic E-state index is 5.85. The maximum Gasteiger partial charge on any atom is 0.197 e. The molecular formula is C11H13N3O. The first-order valence-electron chi connectivity index (χ1n) is 4.89. The quantitative estimate of drug-likeness (QED) is 0.812. The summed E-state index contributed by atoms with van der Waals surface area (Å²) in [7, 11) is 0. The summed E-state index contributed by atoms with van der Waals surface area (Å²) in [5, 5.41) is 0. The van der Waals surface area contributed by atoms with Crippen LogP contribution in [0.4, 0.5) is 5.82 Å². The first kappa shape index (κ1) is 9.71. The Morgan fingerprint density at radius 3 is 2.73 bits per heavy atom. The second kappa shape index (κ2) is 3.73. The first-order chi connectivity index (χ1) is 7.22. The number of anilines is 1. The van der Waals surface area contributed by atoms with Crippen molar-refractivity contribution < 1.29 is 4.42 Å². The molecule has 0 saturated heterocycles. The maximum atomic E-state index is 5.85. The Kier molecular flexibility index (Phi) is 2.41. The predicted molar refractivity (Wildman–Crippen MR) is 58.3 cm³/mol. The molecule has 2 aromatic heterocycles. The highest BCUT2D eigenvalue weighted by Gasteiger charge is 2.10. The molecule has 0 aliphatic rings. The van der Waals surface area contributed by atoms with Gasteiger partial charge in [0, 0.05) is 11.3 Å². The number of hydrogen-bond donors (Lipinski definition) is 1. The standard InChI is InChI=1S/C11H13N3O/c1-3-8-7(2)13-11(14-10(8)12)9-5-4-6-15-9/h4-6H,3H2,1-2H3,(H2,12,13,14). The molecule has 0 aliphatic carbocycles. The molecular weight excluding hydrogens is 190 g/mol. The van der Waals surface area contributed by atoms with E-state index in [1.807, 2.05) is 19.9 Å². The van der Waals surface area contributed by atoms with E-state index in [9.17, 15) is 0 Å². The third kappa shape index (κ3) is 1.70. The molecule has 15 heavy (non-hydrogen) atoms. The third-order valence-electron chi connectivity index (χ3n) is 2.34. The highest BCUT2D eigenvalue weighted by molar-refractivity contribution is 5.53. The van der Waals surface area contributed by atoms with Crippen LogP contribution in [0.1, 0.15) is 18.2 Å². The van der Waals surface area contributed by atoms with Gasteiger partial charge in [-0.05, 0) is 25.5 Å². The lowest BCUT2D eigenvalue weighted by molar-refractivity contribution is 0.577. The van der Waals surface area contributed by atoms with E-state index in [1.165, 1.54) is 0 Å². The summed E-state index contributed by atoms with van der Waals surface area (Å²) in [6.45, 7) is 3.97. The number of aromatic nitrogens is 2. The zero-order valence-electron chi connectivity index (χ0n) is 8.82. The fourth-order valence-corrected chi connectivity index (χ4v) is 1.57. The van der Waals surface area contributed by atoms with Crippen molar-refractivity contribution in [3.8, 4) is 11.6 Å². The summed E-state index contributed by atoms with van der Waals surface area (Å²) in [5.41, 5.74) is 7.76. The van der Waals surface area contributed by atoms with Gasteiger partial charge in [0.2, 0.25) is 0 Å². The van der Waals surface area contributed by atoms with Crippen molar-refractivity contribution in [1.82, 2.24) is 9.97 Å². The molecule has 2 aromatic rings. The summed E-state index contributed by atoms with van der Waals surface area (Å²) in [4.78, 5) is 8.58. The molecule has 2 heterocycles. The van der Waals surface area contributed by atoms with Crippen LogP contribution >= 0.6 is 0 Å². The van der Waals surface area contributed by atoms with Gasteiger partial charge in [-0.1, -0.05) is 6.92 Å². The smallest absolute Gasteiger partial charge is 0.197 e. The van der Waals surface area contributed by atoms with Crippen LogP contribution in [0.5, 0.6) is 0 Å². The van der Waals surface area contributed by atoms with Crippen LogP contribution in [0.25, 0.3) is 11.6 Å². The number of nitrogen functional groups attached to an aromatic ring is 1. The number of rotatable bonds is 2. The van der Waals surface area contributed by atoms with E-state index in [-0.39, 0.29) is 0 Å². The van der Waals surface area contributed by atoms with Crippen LogP contribution in [0, 0.1) is 6.92 Å². The topological polar surface area (TPSA) is 64.9 Å². The van der Waals surface area contributed by atoms with Crippen molar-refractivity contribution in [2.24, 2.45) is 0 Å². The van der Waals surface area contributed by atoms with E-state index in [1.54, 1.807) is 12.3 Å². The zero-order valence-corrected chi connectivity index (χ0v) is 8.82. The fourth-order valence-electron chi connectivity index (χ4n) is 1.57. The number of nitrogens with zero attached hydrogens (tertiary/aromatic N) is 2. The molecule has 0 bridgehead atoms. The van der Waals surface area contributed by atoms with Crippen molar-refractivity contribution in [3.63, 3.8) is 0 Å². The van der Waals surface area contributed by atoms with Gasteiger partial charge in [-0.15, -0.1) is 0 Å². The molecule has 4 heteroatoms. The minimum Gasteiger partial charge on any atom is -0.461 e. The van der Waals surface area contributed by atoms with Gasteiger partial charge in [0.1, 0.15) is 5.82 Å². The van der Waals surface area contributed by atoms with Gasteiger partial charge < -0.3 is 10.2 Å². The Morgan fingerprint density at radius 2 is 2.20 bits per heavy atom. The van der Waals surface area contributed by atoms with Crippen molar-refractivity contribution in [2.45, 2.75) is 20.3 Å². The lowest BCUT2D eigenvalue weighted by atomic mass is 10.1. The molecule has 0 aliphatic heterocycles. The Labute approximate surface area is 88.2 Å². The molecule has 0 saturated carbocycles. The van der Waals surface area contributed by atoms with Crippen LogP contribution in [0.3, 0.4) is 0 Å². The summed E-state index contributed by atoms with van der Waals surface area (Å²) in [6.07, 6.45) is 2.44. The summed E-state index contributed by atoms with van der Waals surface area (Å²) in [6, 6.07) is 3.62. The molecule has 0 fully saturated rings. The Morgan fingerprint density at radius 1 is 1.40 bits per heavy atom. The average Bonchev–Trinajstić information content (AvgIpc) is 2.69. The molecule has 2 N–H and O–H groups in total. The number of furan rings is 1. The molecule has 2 rings (SSSR count). The van der Waals surface area contributed by atoms with Gasteiger partial charge in [-0.25, -0.2) is 9.97 Å². The Balaban J connectivity index is 2.53. The minimum absolute atomic E-state index is 0.538. The summed E-state index contributed by atoms with van der Waals surface area (Å²) in [5.74, 6) is 1.73. The fraction of sp³-hybridized carbons (Fsp3) is 0.273. The Bertz CT molecular complexity index is 440. The second-order valence-corrected chi connectivity index (χ2v) is 3.33. The molecule has 0 spiro atoms. The molecule has 78 valence electrons. The lowest BCUT2D eigenvalue weighted by Crippen LogP contribution is -2.04. The minimum atomic E-state index is 0.538. The van der Waals surface area contributed by atoms with E-state index in [4.69, 9.17) is 10.2 Å². The monoisotopic (exact) mass is 203 g/mol. The molecule has 0 atom stereocenters. The molecule has 0 aromatic carbocycles. The molecule has 0 unspecified atom stereocenters. The zero-order chi connectivity index (χ0) is 10.8. The highest BCUT2D eigenvalue weighted by Crippen LogP contribution is 2.20. The van der Waals surface area contributed by atoms with Crippen LogP contribution in [-0.2, 0) is 6.42 Å². The summed E-state index contributed by atoms with van der Waals surface area (Å²) >= 11 is 0. The van der Waals surface area contributed by atoms with Crippen LogP contribution in [-0.4, -0.2) is 9.97 Å². The van der Waals surface area contributed by atoms with Gasteiger partial charge in [0.15, 0.2) is 11.6 Å². The van der Waals surface area contributed by atoms with E-state index in [0.29, 0.717) is 17.4 Å². The lowest BCUT2D eigenvalue weighted by Gasteiger charge is -2.06. The SMILES string of the molecule is CCc1c(C)nc(-c2ccco2)nc1N. The van der Waals surface area contributed by atoms with Gasteiger partial charge in [0.25, 0.3) is 0 Å². The van der Waals surface area contributed by atoms with Gasteiger partial charge >= 0.3 is 0 Å². The van der Waals surface area contributed by atoms with Crippen LogP contribution in [0.2, 0.25) is 0 Å². The van der Waals surface area contributed by atoms with Crippen LogP contribution < -0.4 is 5.73 Å². The van der Waals surface area contributed by atoms with Crippen molar-refractivity contribution in [2.75, 3.05) is 5.73 Å². The van der Waals surface area contributed by atoms with Crippen LogP contribution in [0.15, 0.2) is 22.8 Å². The van der Waals surface area contributed by atoms with E-state index in [2.05, 4.69) is 9.97 Å². The number of aryl methyl sites for hydroxylation is 1. The highest BCUT2D eigenvalue weighted by atomic mass is 16.3. The van der Waals surface area contributed by atoms with Gasteiger partial charge in [-0.3, -0.25) is 0 Å². The van der Waals surface area contributed by atoms with E-state index in [0.717, 1.165) is 17.7 Å². The predicted octanol–water partition coefficient (Wildman–Crippen LogP) is 2.19. The second-order valence-electron chi connectivity index (χ2n) is 3.33. The third-order valence-corrected chi connectivity index (χ3v) is 2.34.